The van der Waals surface area contributed by atoms with Gasteiger partial charge in [0.25, 0.3) is 5.56 Å². The van der Waals surface area contributed by atoms with Crippen molar-refractivity contribution >= 4 is 34.0 Å². The minimum Gasteiger partial charge on any atom is -0.301 e. The van der Waals surface area contributed by atoms with Gasteiger partial charge in [0.1, 0.15) is 5.01 Å². The summed E-state index contributed by atoms with van der Waals surface area (Å²) < 4.78 is 38.0. The van der Waals surface area contributed by atoms with E-state index in [9.17, 15) is 18.0 Å². The molecular formula is C19H12F3N3OS2. The number of benzene rings is 2. The number of halogens is 3. The standard InChI is InChI=1S/C19H12F3N3OS2/c20-19(21,22)12-7-5-11(6-8-12)17-23-13(9-27-17)10-28-18-24-15-4-2-1-3-14(15)16(26)25-18/h1-9H,10H2,(H,24,25,26). The zero-order valence-electron chi connectivity index (χ0n) is 14.2. The Bertz CT molecular complexity index is 1180. The average Bonchev–Trinajstić information content (AvgIpc) is 3.15. The Morgan fingerprint density at radius 3 is 2.54 bits per heavy atom. The summed E-state index contributed by atoms with van der Waals surface area (Å²) in [5, 5.41) is 3.52. The van der Waals surface area contributed by atoms with E-state index in [-0.39, 0.29) is 5.56 Å². The molecule has 0 radical (unpaired) electrons. The lowest BCUT2D eigenvalue weighted by Gasteiger charge is -2.06. The van der Waals surface area contributed by atoms with E-state index in [1.54, 1.807) is 18.2 Å². The van der Waals surface area contributed by atoms with Crippen LogP contribution in [0, 0.1) is 0 Å². The van der Waals surface area contributed by atoms with E-state index in [1.165, 1.54) is 35.2 Å². The molecule has 0 spiro atoms. The van der Waals surface area contributed by atoms with Crippen LogP contribution in [0.1, 0.15) is 11.3 Å². The van der Waals surface area contributed by atoms with Gasteiger partial charge in [-0.05, 0) is 24.3 Å². The lowest BCUT2D eigenvalue weighted by atomic mass is 10.1. The number of thiazole rings is 1. The molecule has 2 aromatic heterocycles. The first-order valence-electron chi connectivity index (χ1n) is 8.14. The summed E-state index contributed by atoms with van der Waals surface area (Å²) in [6.07, 6.45) is -4.35. The Labute approximate surface area is 165 Å². The summed E-state index contributed by atoms with van der Waals surface area (Å²) in [5.74, 6) is 0.485. The van der Waals surface area contributed by atoms with Crippen molar-refractivity contribution in [3.8, 4) is 10.6 Å². The number of para-hydroxylation sites is 1. The first-order valence-corrected chi connectivity index (χ1v) is 10.0. The predicted molar refractivity (Wildman–Crippen MR) is 104 cm³/mol. The molecule has 4 rings (SSSR count). The second kappa shape index (κ2) is 7.40. The molecule has 0 unspecified atom stereocenters. The molecule has 4 aromatic rings. The molecule has 0 saturated heterocycles. The van der Waals surface area contributed by atoms with E-state index in [1.807, 2.05) is 11.4 Å². The van der Waals surface area contributed by atoms with Gasteiger partial charge in [-0.2, -0.15) is 13.2 Å². The maximum absolute atomic E-state index is 12.7. The molecule has 28 heavy (non-hydrogen) atoms. The zero-order valence-corrected chi connectivity index (χ0v) is 15.8. The third-order valence-electron chi connectivity index (χ3n) is 3.96. The number of nitrogens with zero attached hydrogens (tertiary/aromatic N) is 2. The number of H-pyrrole nitrogens is 1. The molecule has 0 aliphatic heterocycles. The lowest BCUT2D eigenvalue weighted by Crippen LogP contribution is -2.08. The van der Waals surface area contributed by atoms with Crippen molar-refractivity contribution in [2.45, 2.75) is 17.1 Å². The smallest absolute Gasteiger partial charge is 0.301 e. The number of fused-ring (bicyclic) bond motifs is 1. The van der Waals surface area contributed by atoms with Crippen molar-refractivity contribution < 1.29 is 13.2 Å². The number of alkyl halides is 3. The van der Waals surface area contributed by atoms with Gasteiger partial charge < -0.3 is 4.98 Å². The second-order valence-electron chi connectivity index (χ2n) is 5.90. The molecule has 4 nitrogen and oxygen atoms in total. The molecule has 0 saturated carbocycles. The van der Waals surface area contributed by atoms with Gasteiger partial charge in [0, 0.05) is 16.7 Å². The van der Waals surface area contributed by atoms with E-state index < -0.39 is 11.7 Å². The Hall–Kier alpha value is -2.65. The van der Waals surface area contributed by atoms with Gasteiger partial charge in [-0.1, -0.05) is 36.0 Å². The first-order chi connectivity index (χ1) is 13.4. The molecule has 0 bridgehead atoms. The number of hydrogen-bond donors (Lipinski definition) is 1. The largest absolute Gasteiger partial charge is 0.416 e. The van der Waals surface area contributed by atoms with Crippen LogP contribution in [0.2, 0.25) is 0 Å². The van der Waals surface area contributed by atoms with E-state index in [0.717, 1.165) is 17.8 Å². The van der Waals surface area contributed by atoms with Crippen LogP contribution in [0.4, 0.5) is 13.2 Å². The molecule has 9 heteroatoms. The average molecular weight is 419 g/mol. The van der Waals surface area contributed by atoms with Crippen LogP contribution in [0.5, 0.6) is 0 Å². The molecule has 2 aromatic carbocycles. The van der Waals surface area contributed by atoms with E-state index >= 15 is 0 Å². The molecule has 2 heterocycles. The summed E-state index contributed by atoms with van der Waals surface area (Å²) in [5.41, 5.74) is 1.14. The van der Waals surface area contributed by atoms with Gasteiger partial charge in [0.05, 0.1) is 22.2 Å². The first kappa shape index (κ1) is 18.7. The number of rotatable bonds is 4. The summed E-state index contributed by atoms with van der Waals surface area (Å²) >= 11 is 2.70. The van der Waals surface area contributed by atoms with Crippen LogP contribution in [-0.2, 0) is 11.9 Å². The summed E-state index contributed by atoms with van der Waals surface area (Å²) in [4.78, 5) is 23.7. The fourth-order valence-electron chi connectivity index (χ4n) is 2.58. The maximum Gasteiger partial charge on any atom is 0.416 e. The SMILES string of the molecule is O=c1[nH]c(SCc2csc(-c3ccc(C(F)(F)F)cc3)n2)nc2ccccc12. The number of aromatic amines is 1. The number of thioether (sulfide) groups is 1. The van der Waals surface area contributed by atoms with Gasteiger partial charge in [0.2, 0.25) is 0 Å². The highest BCUT2D eigenvalue weighted by Crippen LogP contribution is 2.32. The maximum atomic E-state index is 12.7. The Balaban J connectivity index is 1.49. The van der Waals surface area contributed by atoms with Gasteiger partial charge in [-0.25, -0.2) is 9.97 Å². The molecule has 0 fully saturated rings. The number of hydrogen-bond acceptors (Lipinski definition) is 5. The Morgan fingerprint density at radius 1 is 1.04 bits per heavy atom. The highest BCUT2D eigenvalue weighted by Gasteiger charge is 2.30. The van der Waals surface area contributed by atoms with Crippen LogP contribution < -0.4 is 5.56 Å². The minimum absolute atomic E-state index is 0.197. The molecule has 0 aliphatic rings. The summed E-state index contributed by atoms with van der Waals surface area (Å²) in [6.45, 7) is 0. The normalized spacial score (nSPS) is 11.8. The van der Waals surface area contributed by atoms with Crippen LogP contribution in [-0.4, -0.2) is 15.0 Å². The summed E-state index contributed by atoms with van der Waals surface area (Å²) in [6, 6.07) is 12.0. The second-order valence-corrected chi connectivity index (χ2v) is 7.72. The van der Waals surface area contributed by atoms with Gasteiger partial charge >= 0.3 is 6.18 Å². The highest BCUT2D eigenvalue weighted by atomic mass is 32.2. The predicted octanol–water partition coefficient (Wildman–Crippen LogP) is 5.36. The highest BCUT2D eigenvalue weighted by molar-refractivity contribution is 7.98. The number of aromatic nitrogens is 3. The van der Waals surface area contributed by atoms with Crippen LogP contribution in [0.15, 0.2) is 63.9 Å². The van der Waals surface area contributed by atoms with Crippen molar-refractivity contribution in [1.29, 1.82) is 0 Å². The van der Waals surface area contributed by atoms with Crippen molar-refractivity contribution in [2.75, 3.05) is 0 Å². The van der Waals surface area contributed by atoms with Crippen molar-refractivity contribution in [1.82, 2.24) is 15.0 Å². The van der Waals surface area contributed by atoms with Gasteiger partial charge in [-0.15, -0.1) is 11.3 Å². The molecule has 0 aliphatic carbocycles. The minimum atomic E-state index is -4.35. The Morgan fingerprint density at radius 2 is 1.79 bits per heavy atom. The topological polar surface area (TPSA) is 58.6 Å². The fourth-order valence-corrected chi connectivity index (χ4v) is 4.27. The van der Waals surface area contributed by atoms with Gasteiger partial charge in [0.15, 0.2) is 5.16 Å². The van der Waals surface area contributed by atoms with Crippen LogP contribution in [0.3, 0.4) is 0 Å². The molecule has 0 atom stereocenters. The van der Waals surface area contributed by atoms with Crippen LogP contribution in [0.25, 0.3) is 21.5 Å². The van der Waals surface area contributed by atoms with E-state index in [0.29, 0.717) is 32.4 Å². The molecule has 142 valence electrons. The molecular weight excluding hydrogens is 407 g/mol. The van der Waals surface area contributed by atoms with Crippen molar-refractivity contribution in [2.24, 2.45) is 0 Å². The van der Waals surface area contributed by atoms with Crippen molar-refractivity contribution in [3.05, 3.63) is 75.5 Å². The van der Waals surface area contributed by atoms with Gasteiger partial charge in [-0.3, -0.25) is 4.79 Å². The Kier molecular flexibility index (Phi) is 4.94. The van der Waals surface area contributed by atoms with E-state index in [2.05, 4.69) is 15.0 Å². The van der Waals surface area contributed by atoms with Crippen molar-refractivity contribution in [3.63, 3.8) is 0 Å². The summed E-state index contributed by atoms with van der Waals surface area (Å²) in [7, 11) is 0. The quantitative estimate of drug-likeness (QED) is 0.357. The molecule has 0 amide bonds. The van der Waals surface area contributed by atoms with Crippen LogP contribution >= 0.6 is 23.1 Å². The zero-order chi connectivity index (χ0) is 19.7. The third kappa shape index (κ3) is 3.95. The van der Waals surface area contributed by atoms with E-state index in [4.69, 9.17) is 0 Å². The lowest BCUT2D eigenvalue weighted by molar-refractivity contribution is -0.137. The fraction of sp³-hybridized carbons (Fsp3) is 0.105. The third-order valence-corrected chi connectivity index (χ3v) is 5.81. The molecule has 1 N–H and O–H groups in total. The monoisotopic (exact) mass is 419 g/mol. The number of nitrogens with one attached hydrogen (secondary N) is 1.